The summed E-state index contributed by atoms with van der Waals surface area (Å²) in [6.45, 7) is 1.98. The maximum absolute atomic E-state index is 4.41. The Bertz CT molecular complexity index is 317. The van der Waals surface area contributed by atoms with Crippen LogP contribution in [-0.2, 0) is 6.42 Å². The SMILES string of the molecule is CNc1nc(CCSC)nc(C)c1Br. The van der Waals surface area contributed by atoms with Crippen molar-refractivity contribution < 1.29 is 0 Å². The van der Waals surface area contributed by atoms with Gasteiger partial charge in [0.15, 0.2) is 0 Å². The van der Waals surface area contributed by atoms with Crippen molar-refractivity contribution in [1.82, 2.24) is 9.97 Å². The minimum Gasteiger partial charge on any atom is -0.372 e. The lowest BCUT2D eigenvalue weighted by Crippen LogP contribution is -2.04. The van der Waals surface area contributed by atoms with Crippen molar-refractivity contribution in [3.63, 3.8) is 0 Å². The molecular formula is C9H14BrN3S. The molecule has 1 aromatic rings. The van der Waals surface area contributed by atoms with Gasteiger partial charge in [-0.1, -0.05) is 0 Å². The van der Waals surface area contributed by atoms with Crippen molar-refractivity contribution in [3.05, 3.63) is 16.0 Å². The van der Waals surface area contributed by atoms with Crippen molar-refractivity contribution in [3.8, 4) is 0 Å². The summed E-state index contributed by atoms with van der Waals surface area (Å²) in [5, 5.41) is 3.05. The summed E-state index contributed by atoms with van der Waals surface area (Å²) >= 11 is 5.26. The van der Waals surface area contributed by atoms with Crippen LogP contribution in [0.2, 0.25) is 0 Å². The maximum atomic E-state index is 4.41. The van der Waals surface area contributed by atoms with Crippen LogP contribution in [-0.4, -0.2) is 29.0 Å². The number of hydrogen-bond acceptors (Lipinski definition) is 4. The van der Waals surface area contributed by atoms with E-state index in [0.717, 1.165) is 34.0 Å². The molecule has 0 bridgehead atoms. The van der Waals surface area contributed by atoms with Gasteiger partial charge < -0.3 is 5.32 Å². The first kappa shape index (κ1) is 11.8. The molecule has 0 aliphatic rings. The Morgan fingerprint density at radius 2 is 2.14 bits per heavy atom. The monoisotopic (exact) mass is 275 g/mol. The first-order chi connectivity index (χ1) is 6.69. The predicted octanol–water partition coefficient (Wildman–Crippen LogP) is 2.49. The Hall–Kier alpha value is -0.290. The highest BCUT2D eigenvalue weighted by Gasteiger charge is 2.07. The molecule has 1 heterocycles. The summed E-state index contributed by atoms with van der Waals surface area (Å²) in [6.07, 6.45) is 3.01. The Morgan fingerprint density at radius 3 is 2.71 bits per heavy atom. The number of aromatic nitrogens is 2. The van der Waals surface area contributed by atoms with Gasteiger partial charge in [-0.15, -0.1) is 0 Å². The molecule has 3 nitrogen and oxygen atoms in total. The molecule has 1 rings (SSSR count). The van der Waals surface area contributed by atoms with E-state index >= 15 is 0 Å². The summed E-state index contributed by atoms with van der Waals surface area (Å²) in [4.78, 5) is 8.81. The van der Waals surface area contributed by atoms with Gasteiger partial charge in [-0.25, -0.2) is 9.97 Å². The van der Waals surface area contributed by atoms with Gasteiger partial charge in [0.05, 0.1) is 10.2 Å². The molecule has 5 heteroatoms. The molecule has 14 heavy (non-hydrogen) atoms. The van der Waals surface area contributed by atoms with E-state index in [9.17, 15) is 0 Å². The van der Waals surface area contributed by atoms with E-state index in [2.05, 4.69) is 37.5 Å². The van der Waals surface area contributed by atoms with E-state index in [-0.39, 0.29) is 0 Å². The number of rotatable bonds is 4. The van der Waals surface area contributed by atoms with Gasteiger partial charge in [0.1, 0.15) is 11.6 Å². The summed E-state index contributed by atoms with van der Waals surface area (Å²) in [5.41, 5.74) is 0.987. The van der Waals surface area contributed by atoms with Gasteiger partial charge in [-0.2, -0.15) is 11.8 Å². The molecule has 0 spiro atoms. The average molecular weight is 276 g/mol. The molecule has 0 fully saturated rings. The third-order valence-corrected chi connectivity index (χ3v) is 3.39. The molecule has 0 radical (unpaired) electrons. The van der Waals surface area contributed by atoms with E-state index in [1.807, 2.05) is 25.7 Å². The zero-order chi connectivity index (χ0) is 10.6. The highest BCUT2D eigenvalue weighted by molar-refractivity contribution is 9.10. The molecule has 0 atom stereocenters. The van der Waals surface area contributed by atoms with E-state index < -0.39 is 0 Å². The van der Waals surface area contributed by atoms with Crippen molar-refractivity contribution in [1.29, 1.82) is 0 Å². The van der Waals surface area contributed by atoms with Crippen molar-refractivity contribution in [2.24, 2.45) is 0 Å². The van der Waals surface area contributed by atoms with Crippen LogP contribution in [0.3, 0.4) is 0 Å². The molecular weight excluding hydrogens is 262 g/mol. The van der Waals surface area contributed by atoms with Crippen LogP contribution in [0, 0.1) is 6.92 Å². The largest absolute Gasteiger partial charge is 0.372 e. The van der Waals surface area contributed by atoms with E-state index in [4.69, 9.17) is 0 Å². The third kappa shape index (κ3) is 2.85. The summed E-state index contributed by atoms with van der Waals surface area (Å²) in [6, 6.07) is 0. The molecule has 78 valence electrons. The van der Waals surface area contributed by atoms with E-state index in [1.54, 1.807) is 0 Å². The zero-order valence-corrected chi connectivity index (χ0v) is 11.0. The van der Waals surface area contributed by atoms with Gasteiger partial charge in [0, 0.05) is 19.2 Å². The fraction of sp³-hybridized carbons (Fsp3) is 0.556. The number of nitrogens with one attached hydrogen (secondary N) is 1. The second-order valence-electron chi connectivity index (χ2n) is 2.88. The van der Waals surface area contributed by atoms with Crippen molar-refractivity contribution >= 4 is 33.5 Å². The lowest BCUT2D eigenvalue weighted by Gasteiger charge is -2.07. The molecule has 0 aliphatic heterocycles. The summed E-state index contributed by atoms with van der Waals surface area (Å²) in [7, 11) is 1.87. The lowest BCUT2D eigenvalue weighted by molar-refractivity contribution is 0.920. The molecule has 0 aromatic carbocycles. The van der Waals surface area contributed by atoms with Crippen LogP contribution in [0.15, 0.2) is 4.47 Å². The first-order valence-corrected chi connectivity index (χ1v) is 6.57. The normalized spacial score (nSPS) is 10.3. The number of anilines is 1. The van der Waals surface area contributed by atoms with E-state index in [1.165, 1.54) is 0 Å². The number of halogens is 1. The Labute approximate surface area is 97.2 Å². The highest BCUT2D eigenvalue weighted by atomic mass is 79.9. The second kappa shape index (κ2) is 5.56. The molecule has 0 saturated heterocycles. The Morgan fingerprint density at radius 1 is 1.43 bits per heavy atom. The van der Waals surface area contributed by atoms with Crippen LogP contribution < -0.4 is 5.32 Å². The number of hydrogen-bond donors (Lipinski definition) is 1. The first-order valence-electron chi connectivity index (χ1n) is 4.38. The van der Waals surface area contributed by atoms with Gasteiger partial charge >= 0.3 is 0 Å². The van der Waals surface area contributed by atoms with Crippen LogP contribution >= 0.6 is 27.7 Å². The smallest absolute Gasteiger partial charge is 0.144 e. The average Bonchev–Trinajstić information content (AvgIpc) is 2.19. The molecule has 0 amide bonds. The summed E-state index contributed by atoms with van der Waals surface area (Å²) in [5.74, 6) is 2.84. The van der Waals surface area contributed by atoms with Crippen LogP contribution in [0.4, 0.5) is 5.82 Å². The maximum Gasteiger partial charge on any atom is 0.144 e. The fourth-order valence-corrected chi connectivity index (χ4v) is 1.85. The topological polar surface area (TPSA) is 37.8 Å². The standard InChI is InChI=1S/C9H14BrN3S/c1-6-8(10)9(11-2)13-7(12-6)4-5-14-3/h4-5H2,1-3H3,(H,11,12,13). The number of aryl methyl sites for hydroxylation is 2. The zero-order valence-electron chi connectivity index (χ0n) is 8.59. The van der Waals surface area contributed by atoms with Gasteiger partial charge in [-0.3, -0.25) is 0 Å². The minimum absolute atomic E-state index is 0.869. The second-order valence-corrected chi connectivity index (χ2v) is 4.66. The number of thioether (sulfide) groups is 1. The Balaban J connectivity index is 2.91. The molecule has 1 aromatic heterocycles. The van der Waals surface area contributed by atoms with Gasteiger partial charge in [0.25, 0.3) is 0 Å². The van der Waals surface area contributed by atoms with E-state index in [0.29, 0.717) is 0 Å². The third-order valence-electron chi connectivity index (χ3n) is 1.83. The Kier molecular flexibility index (Phi) is 4.68. The van der Waals surface area contributed by atoms with Crippen LogP contribution in [0.25, 0.3) is 0 Å². The molecule has 0 aliphatic carbocycles. The molecule has 1 N–H and O–H groups in total. The van der Waals surface area contributed by atoms with Crippen molar-refractivity contribution in [2.75, 3.05) is 24.4 Å². The summed E-state index contributed by atoms with van der Waals surface area (Å²) < 4.78 is 0.952. The number of nitrogens with zero attached hydrogens (tertiary/aromatic N) is 2. The van der Waals surface area contributed by atoms with Gasteiger partial charge in [-0.05, 0) is 29.1 Å². The van der Waals surface area contributed by atoms with Crippen LogP contribution in [0.1, 0.15) is 11.5 Å². The quantitative estimate of drug-likeness (QED) is 0.917. The van der Waals surface area contributed by atoms with Crippen molar-refractivity contribution in [2.45, 2.75) is 13.3 Å². The minimum atomic E-state index is 0.869. The molecule has 0 unspecified atom stereocenters. The van der Waals surface area contributed by atoms with Gasteiger partial charge in [0.2, 0.25) is 0 Å². The highest BCUT2D eigenvalue weighted by Crippen LogP contribution is 2.22. The lowest BCUT2D eigenvalue weighted by atomic mass is 10.3. The fourth-order valence-electron chi connectivity index (χ4n) is 1.09. The van der Waals surface area contributed by atoms with Crippen LogP contribution in [0.5, 0.6) is 0 Å². The molecule has 0 saturated carbocycles. The predicted molar refractivity (Wildman–Crippen MR) is 66.1 cm³/mol.